The Morgan fingerprint density at radius 2 is 1.81 bits per heavy atom. The summed E-state index contributed by atoms with van der Waals surface area (Å²) in [7, 11) is 0. The van der Waals surface area contributed by atoms with Gasteiger partial charge < -0.3 is 11.1 Å². The monoisotopic (exact) mass is 357 g/mol. The molecule has 1 unspecified atom stereocenters. The Balaban J connectivity index is 2.03. The number of carbonyl (C=O) groups is 2. The predicted molar refractivity (Wildman–Crippen MR) is 99.3 cm³/mol. The lowest BCUT2D eigenvalue weighted by atomic mass is 9.89. The summed E-state index contributed by atoms with van der Waals surface area (Å²) in [4.78, 5) is 24.1. The Morgan fingerprint density at radius 3 is 2.35 bits per heavy atom. The first-order valence-corrected chi connectivity index (χ1v) is 8.96. The number of hydrogen-bond donors (Lipinski definition) is 4. The smallest absolute Gasteiger partial charge is 0.267 e. The van der Waals surface area contributed by atoms with Crippen LogP contribution in [0.3, 0.4) is 0 Å². The van der Waals surface area contributed by atoms with Gasteiger partial charge in [-0.25, -0.2) is 5.48 Å². The third kappa shape index (κ3) is 5.58. The molecule has 1 aliphatic carbocycles. The maximum atomic E-state index is 12.4. The molecule has 140 valence electrons. The van der Waals surface area contributed by atoms with E-state index in [0.717, 1.165) is 18.4 Å². The Morgan fingerprint density at radius 1 is 1.19 bits per heavy atom. The van der Waals surface area contributed by atoms with Crippen LogP contribution in [0.1, 0.15) is 61.9 Å². The molecule has 1 saturated carbocycles. The zero-order valence-electron chi connectivity index (χ0n) is 15.3. The minimum atomic E-state index is -1.06. The Bertz CT molecular complexity index is 690. The fraction of sp³-hybridized carbons (Fsp3) is 0.500. The number of nitrogens with two attached hydrogens (primary N) is 1. The lowest BCUT2D eigenvalue weighted by Gasteiger charge is -2.29. The van der Waals surface area contributed by atoms with E-state index in [9.17, 15) is 9.59 Å². The van der Waals surface area contributed by atoms with Gasteiger partial charge in [0.15, 0.2) is 0 Å². The molecule has 5 N–H and O–H groups in total. The molecule has 0 spiro atoms. The normalized spacial score (nSPS) is 16.2. The molecular formula is C20H27N3O3. The third-order valence-electron chi connectivity index (χ3n) is 4.56. The van der Waals surface area contributed by atoms with E-state index >= 15 is 0 Å². The van der Waals surface area contributed by atoms with Gasteiger partial charge in [-0.05, 0) is 51.0 Å². The number of carbonyl (C=O) groups excluding carboxylic acids is 2. The quantitative estimate of drug-likeness (QED) is 0.376. The number of hydrogen-bond acceptors (Lipinski definition) is 4. The highest BCUT2D eigenvalue weighted by Crippen LogP contribution is 2.22. The molecule has 2 amide bonds. The van der Waals surface area contributed by atoms with E-state index in [4.69, 9.17) is 10.9 Å². The van der Waals surface area contributed by atoms with Crippen molar-refractivity contribution in [3.8, 4) is 11.8 Å². The van der Waals surface area contributed by atoms with Crippen LogP contribution < -0.4 is 16.5 Å². The molecule has 2 rings (SSSR count). The fourth-order valence-corrected chi connectivity index (χ4v) is 3.01. The zero-order valence-corrected chi connectivity index (χ0v) is 15.3. The van der Waals surface area contributed by atoms with Crippen molar-refractivity contribution in [3.63, 3.8) is 0 Å². The summed E-state index contributed by atoms with van der Waals surface area (Å²) in [6.45, 7) is 3.19. The van der Waals surface area contributed by atoms with Crippen molar-refractivity contribution < 1.29 is 14.8 Å². The maximum absolute atomic E-state index is 12.4. The van der Waals surface area contributed by atoms with Gasteiger partial charge >= 0.3 is 0 Å². The summed E-state index contributed by atoms with van der Waals surface area (Å²) in [6, 6.07) is 5.85. The highest BCUT2D eigenvalue weighted by atomic mass is 16.5. The standard InChI is InChI=1S/C20H27N3O3/c1-20(2,21)17(19(25)23-26)22-18(24)16-12-10-15(11-13-16)9-8-14-6-4-3-5-7-14/h10-14,17,26H,3-7,21H2,1-2H3,(H,22,24)(H,23,25). The molecule has 1 aromatic carbocycles. The average molecular weight is 357 g/mol. The van der Waals surface area contributed by atoms with Crippen molar-refractivity contribution in [1.29, 1.82) is 0 Å². The van der Waals surface area contributed by atoms with Gasteiger partial charge in [-0.15, -0.1) is 0 Å². The van der Waals surface area contributed by atoms with Crippen LogP contribution in [-0.2, 0) is 4.79 Å². The van der Waals surface area contributed by atoms with Crippen LogP contribution in [0.5, 0.6) is 0 Å². The van der Waals surface area contributed by atoms with Crippen LogP contribution >= 0.6 is 0 Å². The topological polar surface area (TPSA) is 104 Å². The van der Waals surface area contributed by atoms with E-state index in [1.807, 2.05) is 0 Å². The molecule has 0 radical (unpaired) electrons. The predicted octanol–water partition coefficient (Wildman–Crippen LogP) is 1.96. The Kier molecular flexibility index (Phi) is 6.78. The van der Waals surface area contributed by atoms with Crippen molar-refractivity contribution in [2.75, 3.05) is 0 Å². The van der Waals surface area contributed by atoms with E-state index in [1.54, 1.807) is 38.1 Å². The molecule has 1 atom stereocenters. The number of hydroxylamine groups is 1. The minimum absolute atomic E-state index is 0.396. The molecule has 26 heavy (non-hydrogen) atoms. The van der Waals surface area contributed by atoms with Gasteiger partial charge in [0.2, 0.25) is 0 Å². The van der Waals surface area contributed by atoms with Gasteiger partial charge in [-0.2, -0.15) is 0 Å². The van der Waals surface area contributed by atoms with Gasteiger partial charge in [0.1, 0.15) is 6.04 Å². The molecule has 0 heterocycles. The van der Waals surface area contributed by atoms with E-state index < -0.39 is 23.4 Å². The highest BCUT2D eigenvalue weighted by Gasteiger charge is 2.33. The molecular weight excluding hydrogens is 330 g/mol. The second-order valence-electron chi connectivity index (χ2n) is 7.39. The second kappa shape index (κ2) is 8.84. The van der Waals surface area contributed by atoms with Crippen molar-refractivity contribution in [1.82, 2.24) is 10.8 Å². The van der Waals surface area contributed by atoms with Crippen molar-refractivity contribution >= 4 is 11.8 Å². The molecule has 0 saturated heterocycles. The van der Waals surface area contributed by atoms with Gasteiger partial charge in [-0.3, -0.25) is 14.8 Å². The van der Waals surface area contributed by atoms with E-state index in [-0.39, 0.29) is 0 Å². The van der Waals surface area contributed by atoms with E-state index in [2.05, 4.69) is 17.2 Å². The first-order chi connectivity index (χ1) is 12.3. The van der Waals surface area contributed by atoms with E-state index in [1.165, 1.54) is 24.7 Å². The Hall–Kier alpha value is -2.36. The molecule has 0 aromatic heterocycles. The molecule has 6 heteroatoms. The van der Waals surface area contributed by atoms with Gasteiger partial charge in [0, 0.05) is 22.6 Å². The summed E-state index contributed by atoms with van der Waals surface area (Å²) < 4.78 is 0. The molecule has 0 bridgehead atoms. The number of amides is 2. The summed E-state index contributed by atoms with van der Waals surface area (Å²) in [6.07, 6.45) is 6.13. The van der Waals surface area contributed by atoms with Crippen molar-refractivity contribution in [2.45, 2.75) is 57.5 Å². The van der Waals surface area contributed by atoms with Crippen LogP contribution in [0.25, 0.3) is 0 Å². The van der Waals surface area contributed by atoms with Crippen molar-refractivity contribution in [3.05, 3.63) is 35.4 Å². The fourth-order valence-electron chi connectivity index (χ4n) is 3.01. The summed E-state index contributed by atoms with van der Waals surface area (Å²) in [5, 5.41) is 11.4. The minimum Gasteiger partial charge on any atom is -0.338 e. The zero-order chi connectivity index (χ0) is 19.2. The first-order valence-electron chi connectivity index (χ1n) is 8.96. The third-order valence-corrected chi connectivity index (χ3v) is 4.56. The molecule has 1 fully saturated rings. The van der Waals surface area contributed by atoms with Crippen LogP contribution in [0.2, 0.25) is 0 Å². The van der Waals surface area contributed by atoms with E-state index in [0.29, 0.717) is 11.5 Å². The van der Waals surface area contributed by atoms with Gasteiger partial charge in [-0.1, -0.05) is 31.1 Å². The maximum Gasteiger partial charge on any atom is 0.267 e. The largest absolute Gasteiger partial charge is 0.338 e. The molecule has 6 nitrogen and oxygen atoms in total. The average Bonchev–Trinajstić information content (AvgIpc) is 2.64. The van der Waals surface area contributed by atoms with Crippen LogP contribution in [0, 0.1) is 17.8 Å². The van der Waals surface area contributed by atoms with Gasteiger partial charge in [0.25, 0.3) is 11.8 Å². The lowest BCUT2D eigenvalue weighted by molar-refractivity contribution is -0.132. The molecule has 1 aliphatic rings. The number of benzene rings is 1. The second-order valence-corrected chi connectivity index (χ2v) is 7.39. The first kappa shape index (κ1) is 20.0. The Labute approximate surface area is 154 Å². The summed E-state index contributed by atoms with van der Waals surface area (Å²) >= 11 is 0. The number of rotatable bonds is 4. The van der Waals surface area contributed by atoms with Crippen LogP contribution in [0.15, 0.2) is 24.3 Å². The number of nitrogens with one attached hydrogen (secondary N) is 2. The van der Waals surface area contributed by atoms with Crippen LogP contribution in [-0.4, -0.2) is 28.6 Å². The lowest BCUT2D eigenvalue weighted by Crippen LogP contribution is -2.61. The van der Waals surface area contributed by atoms with Crippen LogP contribution in [0.4, 0.5) is 0 Å². The molecule has 1 aromatic rings. The summed E-state index contributed by atoms with van der Waals surface area (Å²) in [5.41, 5.74) is 7.67. The summed E-state index contributed by atoms with van der Waals surface area (Å²) in [5.74, 6) is 5.75. The highest BCUT2D eigenvalue weighted by molar-refractivity contribution is 5.97. The van der Waals surface area contributed by atoms with Crippen molar-refractivity contribution in [2.24, 2.45) is 11.7 Å². The SMILES string of the molecule is CC(C)(N)C(NC(=O)c1ccc(C#CC2CCCCC2)cc1)C(=O)NO. The van der Waals surface area contributed by atoms with Gasteiger partial charge in [0.05, 0.1) is 0 Å². The molecule has 0 aliphatic heterocycles.